The van der Waals surface area contributed by atoms with Crippen molar-refractivity contribution in [1.29, 1.82) is 0 Å². The minimum absolute atomic E-state index is 0.0468. The highest BCUT2D eigenvalue weighted by molar-refractivity contribution is 5.65. The highest BCUT2D eigenvalue weighted by Crippen LogP contribution is 2.70. The van der Waals surface area contributed by atoms with E-state index in [9.17, 15) is 9.90 Å². The average Bonchev–Trinajstić information content (AvgIpc) is 3.15. The summed E-state index contributed by atoms with van der Waals surface area (Å²) in [6, 6.07) is 0. The van der Waals surface area contributed by atoms with Gasteiger partial charge in [-0.3, -0.25) is 4.79 Å². The van der Waals surface area contributed by atoms with Crippen LogP contribution in [0.5, 0.6) is 0 Å². The van der Waals surface area contributed by atoms with Crippen LogP contribution in [0, 0.1) is 52.3 Å². The maximum atomic E-state index is 11.6. The molecule has 0 heterocycles. The zero-order chi connectivity index (χ0) is 27.7. The molecule has 4 saturated carbocycles. The van der Waals surface area contributed by atoms with Crippen molar-refractivity contribution in [3.8, 4) is 0 Å². The van der Waals surface area contributed by atoms with Gasteiger partial charge in [0.05, 0.1) is 24.9 Å². The molecule has 0 saturated heterocycles. The molecule has 1 unspecified atom stereocenters. The molecule has 0 aromatic carbocycles. The summed E-state index contributed by atoms with van der Waals surface area (Å²) in [6.45, 7) is 12.1. The van der Waals surface area contributed by atoms with Crippen LogP contribution in [0.1, 0.15) is 86.0 Å². The zero-order valence-corrected chi connectivity index (χ0v) is 24.9. The summed E-state index contributed by atoms with van der Waals surface area (Å²) < 4.78 is 28.8. The molecule has 7 heteroatoms. The van der Waals surface area contributed by atoms with Crippen molar-refractivity contribution in [2.24, 2.45) is 52.3 Å². The summed E-state index contributed by atoms with van der Waals surface area (Å²) in [5.74, 6) is 2.63. The molecule has 1 N–H and O–H groups in total. The number of carbonyl (C=O) groups is 1. The summed E-state index contributed by atoms with van der Waals surface area (Å²) in [5, 5.41) is 11.6. The lowest BCUT2D eigenvalue weighted by Gasteiger charge is -2.65. The molecule has 0 amide bonds. The lowest BCUT2D eigenvalue weighted by molar-refractivity contribution is -0.239. The van der Waals surface area contributed by atoms with Crippen molar-refractivity contribution < 1.29 is 33.6 Å². The number of hydrogen-bond acceptors (Lipinski definition) is 7. The third-order valence-electron chi connectivity index (χ3n) is 11.7. The fourth-order valence-corrected chi connectivity index (χ4v) is 10.3. The van der Waals surface area contributed by atoms with Gasteiger partial charge >= 0.3 is 5.97 Å². The van der Waals surface area contributed by atoms with Gasteiger partial charge in [0.2, 0.25) is 0 Å². The van der Waals surface area contributed by atoms with E-state index in [4.69, 9.17) is 23.7 Å². The minimum atomic E-state index is -0.331. The van der Waals surface area contributed by atoms with E-state index in [0.717, 1.165) is 38.5 Å². The molecule has 4 fully saturated rings. The lowest BCUT2D eigenvalue weighted by Crippen LogP contribution is -2.63. The highest BCUT2D eigenvalue weighted by atomic mass is 16.7. The zero-order valence-electron chi connectivity index (χ0n) is 24.9. The number of carbonyl (C=O) groups excluding carboxylic acids is 1. The van der Waals surface area contributed by atoms with Gasteiger partial charge < -0.3 is 28.8 Å². The molecular formula is C31H54O7. The van der Waals surface area contributed by atoms with E-state index in [0.29, 0.717) is 49.8 Å². The van der Waals surface area contributed by atoms with Crippen LogP contribution in [0.15, 0.2) is 0 Å². The Kier molecular flexibility index (Phi) is 9.88. The van der Waals surface area contributed by atoms with E-state index >= 15 is 0 Å². The summed E-state index contributed by atoms with van der Waals surface area (Å²) >= 11 is 0. The minimum Gasteiger partial charge on any atom is -0.466 e. The van der Waals surface area contributed by atoms with Crippen LogP contribution >= 0.6 is 0 Å². The molecule has 4 aliphatic carbocycles. The van der Waals surface area contributed by atoms with E-state index in [-0.39, 0.29) is 46.9 Å². The molecule has 0 bridgehead atoms. The number of ether oxygens (including phenoxy) is 5. The second kappa shape index (κ2) is 12.4. The second-order valence-corrected chi connectivity index (χ2v) is 13.5. The molecule has 4 rings (SSSR count). The van der Waals surface area contributed by atoms with E-state index < -0.39 is 0 Å². The van der Waals surface area contributed by atoms with E-state index in [1.54, 1.807) is 14.2 Å². The van der Waals surface area contributed by atoms with Gasteiger partial charge in [-0.25, -0.2) is 0 Å². The first-order valence-corrected chi connectivity index (χ1v) is 15.1. The standard InChI is InChI=1S/C31H54O7/c1-8-22-24-15-21(37-17-34-6)9-12-30(24,4)23-10-13-31(5)25(27(23)29(22)38-18-35-7)16-26(33)28(31)19(2)11-14-36-20(3)32/h19,21-29,33H,8-18H2,1-7H3/t19-,21-,22-,23+,24+,25+,26?,27-,28+,29-,30-,31+/m1/s1. The molecule has 0 aromatic heterocycles. The molecule has 7 nitrogen and oxygen atoms in total. The maximum absolute atomic E-state index is 11.6. The van der Waals surface area contributed by atoms with Crippen LogP contribution in [0.2, 0.25) is 0 Å². The quantitative estimate of drug-likeness (QED) is 0.277. The first-order valence-electron chi connectivity index (χ1n) is 15.1. The first kappa shape index (κ1) is 30.2. The molecule has 38 heavy (non-hydrogen) atoms. The van der Waals surface area contributed by atoms with Crippen LogP contribution < -0.4 is 0 Å². The molecule has 0 aliphatic heterocycles. The van der Waals surface area contributed by atoms with Gasteiger partial charge in [0, 0.05) is 21.1 Å². The summed E-state index contributed by atoms with van der Waals surface area (Å²) in [5.41, 5.74) is 0.293. The Balaban J connectivity index is 1.64. The Bertz CT molecular complexity index is 790. The fraction of sp³-hybridized carbons (Fsp3) is 0.968. The summed E-state index contributed by atoms with van der Waals surface area (Å²) in [7, 11) is 3.41. The van der Waals surface area contributed by atoms with Crippen LogP contribution in [-0.4, -0.2) is 63.8 Å². The largest absolute Gasteiger partial charge is 0.466 e. The molecule has 0 spiro atoms. The van der Waals surface area contributed by atoms with Gasteiger partial charge in [-0.2, -0.15) is 0 Å². The Morgan fingerprint density at radius 3 is 2.32 bits per heavy atom. The summed E-state index contributed by atoms with van der Waals surface area (Å²) in [6.07, 6.45) is 8.37. The van der Waals surface area contributed by atoms with E-state index in [1.807, 2.05) is 0 Å². The van der Waals surface area contributed by atoms with Gasteiger partial charge in [-0.05, 0) is 97.2 Å². The Hall–Kier alpha value is -0.730. The van der Waals surface area contributed by atoms with E-state index in [2.05, 4.69) is 27.7 Å². The number of rotatable bonds is 11. The van der Waals surface area contributed by atoms with Crippen LogP contribution in [0.4, 0.5) is 0 Å². The number of aliphatic hydroxyl groups excluding tert-OH is 1. The van der Waals surface area contributed by atoms with Crippen molar-refractivity contribution in [3.05, 3.63) is 0 Å². The normalized spacial score (nSPS) is 45.1. The lowest BCUT2D eigenvalue weighted by atomic mass is 9.41. The number of aliphatic hydroxyl groups is 1. The van der Waals surface area contributed by atoms with Crippen molar-refractivity contribution in [1.82, 2.24) is 0 Å². The Morgan fingerprint density at radius 1 is 0.974 bits per heavy atom. The molecule has 0 aromatic rings. The van der Waals surface area contributed by atoms with Crippen LogP contribution in [0.25, 0.3) is 0 Å². The third-order valence-corrected chi connectivity index (χ3v) is 11.7. The molecule has 220 valence electrons. The van der Waals surface area contributed by atoms with Crippen molar-refractivity contribution in [2.75, 3.05) is 34.4 Å². The molecule has 12 atom stereocenters. The SMILES string of the molecule is CC[C@H]1[C@@H](OCOC)[C@@H]2[C@H](CC[C@]3(C)[C@@H]([C@H](C)CCOC(C)=O)C(O)C[C@@H]23)[C@@]2(C)CC[C@@H](OCOC)C[C@@H]12. The van der Waals surface area contributed by atoms with E-state index in [1.165, 1.54) is 19.8 Å². The Labute approximate surface area is 230 Å². The predicted octanol–water partition coefficient (Wildman–Crippen LogP) is 5.43. The Morgan fingerprint density at radius 2 is 1.66 bits per heavy atom. The predicted molar refractivity (Wildman–Crippen MR) is 145 cm³/mol. The van der Waals surface area contributed by atoms with Gasteiger partial charge in [-0.15, -0.1) is 0 Å². The number of fused-ring (bicyclic) bond motifs is 5. The van der Waals surface area contributed by atoms with Crippen molar-refractivity contribution in [3.63, 3.8) is 0 Å². The van der Waals surface area contributed by atoms with Crippen LogP contribution in [-0.2, 0) is 28.5 Å². The third kappa shape index (κ3) is 5.44. The smallest absolute Gasteiger partial charge is 0.302 e. The second-order valence-electron chi connectivity index (χ2n) is 13.5. The van der Waals surface area contributed by atoms with Gasteiger partial charge in [0.25, 0.3) is 0 Å². The molecule has 4 aliphatic rings. The van der Waals surface area contributed by atoms with Crippen molar-refractivity contribution in [2.45, 2.75) is 104 Å². The van der Waals surface area contributed by atoms with Gasteiger partial charge in [0.15, 0.2) is 0 Å². The molecule has 0 radical (unpaired) electrons. The topological polar surface area (TPSA) is 83.5 Å². The fourth-order valence-electron chi connectivity index (χ4n) is 10.3. The highest BCUT2D eigenvalue weighted by Gasteiger charge is 2.67. The number of methoxy groups -OCH3 is 2. The summed E-state index contributed by atoms with van der Waals surface area (Å²) in [4.78, 5) is 11.3. The number of esters is 1. The average molecular weight is 539 g/mol. The van der Waals surface area contributed by atoms with Gasteiger partial charge in [0.1, 0.15) is 13.6 Å². The van der Waals surface area contributed by atoms with Crippen molar-refractivity contribution >= 4 is 5.97 Å². The maximum Gasteiger partial charge on any atom is 0.302 e. The van der Waals surface area contributed by atoms with Gasteiger partial charge in [-0.1, -0.05) is 34.1 Å². The molecular weight excluding hydrogens is 484 g/mol. The van der Waals surface area contributed by atoms with Crippen LogP contribution in [0.3, 0.4) is 0 Å². The first-order chi connectivity index (χ1) is 18.1. The monoisotopic (exact) mass is 538 g/mol. The number of hydrogen-bond donors (Lipinski definition) is 1.